The van der Waals surface area contributed by atoms with Gasteiger partial charge in [0.15, 0.2) is 0 Å². The minimum atomic E-state index is -0.859. The maximum Gasteiger partial charge on any atom is 0.330 e. The maximum atomic E-state index is 12.5. The highest BCUT2D eigenvalue weighted by atomic mass is 35.5. The second-order valence-electron chi connectivity index (χ2n) is 6.04. The van der Waals surface area contributed by atoms with Crippen LogP contribution in [0.5, 0.6) is 0 Å². The summed E-state index contributed by atoms with van der Waals surface area (Å²) in [4.78, 5) is 24.5. The molecule has 2 unspecified atom stereocenters. The van der Waals surface area contributed by atoms with Crippen molar-refractivity contribution in [2.75, 3.05) is 13.7 Å². The second kappa shape index (κ2) is 8.33. The number of ether oxygens (including phenoxy) is 2. The van der Waals surface area contributed by atoms with Gasteiger partial charge in [0.05, 0.1) is 44.0 Å². The lowest BCUT2D eigenvalue weighted by Crippen LogP contribution is -2.45. The summed E-state index contributed by atoms with van der Waals surface area (Å²) in [5.74, 6) is -0.838. The number of benzene rings is 1. The number of hydrogen-bond donors (Lipinski definition) is 1. The van der Waals surface area contributed by atoms with Crippen molar-refractivity contribution < 1.29 is 19.1 Å². The first-order valence-electron chi connectivity index (χ1n) is 8.31. The molecule has 1 aromatic carbocycles. The lowest BCUT2D eigenvalue weighted by atomic mass is 9.95. The van der Waals surface area contributed by atoms with Gasteiger partial charge in [-0.3, -0.25) is 9.48 Å². The highest BCUT2D eigenvalue weighted by Gasteiger charge is 2.27. The highest BCUT2D eigenvalue weighted by Crippen LogP contribution is 2.29. The fraction of sp³-hybridized carbons (Fsp3) is 0.389. The van der Waals surface area contributed by atoms with Crippen LogP contribution in [0.25, 0.3) is 0 Å². The molecule has 138 valence electrons. The topological polar surface area (TPSA) is 82.5 Å². The van der Waals surface area contributed by atoms with Gasteiger partial charge in [0.1, 0.15) is 6.04 Å². The van der Waals surface area contributed by atoms with E-state index in [0.717, 1.165) is 12.0 Å². The van der Waals surface area contributed by atoms with Gasteiger partial charge < -0.3 is 14.8 Å². The molecule has 1 N–H and O–H groups in total. The van der Waals surface area contributed by atoms with Crippen molar-refractivity contribution in [1.29, 1.82) is 0 Å². The fourth-order valence-corrected chi connectivity index (χ4v) is 3.17. The van der Waals surface area contributed by atoms with Crippen LogP contribution >= 0.6 is 11.6 Å². The Kier molecular flexibility index (Phi) is 5.90. The summed E-state index contributed by atoms with van der Waals surface area (Å²) in [6, 6.07) is 7.06. The summed E-state index contributed by atoms with van der Waals surface area (Å²) in [5.41, 5.74) is 2.20. The first-order valence-corrected chi connectivity index (χ1v) is 8.69. The zero-order chi connectivity index (χ0) is 18.5. The lowest BCUT2D eigenvalue weighted by Gasteiger charge is -2.26. The number of esters is 1. The Morgan fingerprint density at radius 2 is 2.27 bits per heavy atom. The Labute approximate surface area is 156 Å². The van der Waals surface area contributed by atoms with Crippen molar-refractivity contribution >= 4 is 23.5 Å². The van der Waals surface area contributed by atoms with Gasteiger partial charge in [0.2, 0.25) is 5.91 Å². The average molecular weight is 378 g/mol. The Balaban J connectivity index is 1.65. The van der Waals surface area contributed by atoms with Gasteiger partial charge in [0, 0.05) is 6.20 Å². The molecule has 7 nitrogen and oxygen atoms in total. The summed E-state index contributed by atoms with van der Waals surface area (Å²) in [6.45, 7) is 0.703. The number of rotatable bonds is 6. The van der Waals surface area contributed by atoms with Crippen molar-refractivity contribution in [2.45, 2.75) is 31.5 Å². The molecule has 26 heavy (non-hydrogen) atoms. The molecule has 0 spiro atoms. The minimum absolute atomic E-state index is 0.129. The monoisotopic (exact) mass is 377 g/mol. The lowest BCUT2D eigenvalue weighted by molar-refractivity contribution is -0.146. The number of amides is 1. The molecule has 0 saturated carbocycles. The van der Waals surface area contributed by atoms with E-state index in [1.54, 1.807) is 6.20 Å². The number of carbonyl (C=O) groups excluding carboxylic acids is 2. The van der Waals surface area contributed by atoms with Gasteiger partial charge >= 0.3 is 5.97 Å². The normalized spacial score (nSPS) is 17.2. The highest BCUT2D eigenvalue weighted by molar-refractivity contribution is 6.30. The molecule has 0 aliphatic carbocycles. The molecule has 2 heterocycles. The molecule has 0 fully saturated rings. The zero-order valence-corrected chi connectivity index (χ0v) is 15.1. The molecule has 2 atom stereocenters. The summed E-state index contributed by atoms with van der Waals surface area (Å²) in [5, 5.41) is 7.18. The Morgan fingerprint density at radius 1 is 1.46 bits per heavy atom. The number of hydrogen-bond acceptors (Lipinski definition) is 5. The van der Waals surface area contributed by atoms with Crippen molar-refractivity contribution in [3.63, 3.8) is 0 Å². The number of nitrogens with zero attached hydrogens (tertiary/aromatic N) is 2. The molecule has 1 aromatic heterocycles. The summed E-state index contributed by atoms with van der Waals surface area (Å²) >= 11 is 5.84. The molecule has 1 amide bonds. The third kappa shape index (κ3) is 4.42. The van der Waals surface area contributed by atoms with Crippen molar-refractivity contribution in [2.24, 2.45) is 0 Å². The van der Waals surface area contributed by atoms with E-state index in [0.29, 0.717) is 11.6 Å². The van der Waals surface area contributed by atoms with Gasteiger partial charge in [-0.2, -0.15) is 5.10 Å². The standard InChI is InChI=1S/C18H20ClN3O4/c1-25-18(24)15(11-22-10-13(19)9-20-22)21-17(23)8-16-14-5-3-2-4-12(14)6-7-26-16/h2-5,9-10,15-16H,6-8,11H2,1H3,(H,21,23). The van der Waals surface area contributed by atoms with Gasteiger partial charge in [-0.15, -0.1) is 0 Å². The van der Waals surface area contributed by atoms with Gasteiger partial charge in [0.25, 0.3) is 0 Å². The summed E-state index contributed by atoms with van der Waals surface area (Å²) in [6.07, 6.45) is 3.68. The van der Waals surface area contributed by atoms with Gasteiger partial charge in [-0.05, 0) is 17.5 Å². The molecule has 0 radical (unpaired) electrons. The third-order valence-corrected chi connectivity index (χ3v) is 4.45. The quantitative estimate of drug-likeness (QED) is 0.777. The first kappa shape index (κ1) is 18.4. The van der Waals surface area contributed by atoms with Crippen LogP contribution in [0, 0.1) is 0 Å². The van der Waals surface area contributed by atoms with Crippen LogP contribution < -0.4 is 5.32 Å². The van der Waals surface area contributed by atoms with Crippen LogP contribution in [0.15, 0.2) is 36.7 Å². The van der Waals surface area contributed by atoms with E-state index in [9.17, 15) is 9.59 Å². The molecule has 1 aliphatic heterocycles. The number of halogens is 1. The fourth-order valence-electron chi connectivity index (χ4n) is 3.01. The molecular weight excluding hydrogens is 358 g/mol. The van der Waals surface area contributed by atoms with E-state index < -0.39 is 12.0 Å². The molecule has 3 rings (SSSR count). The molecule has 1 aliphatic rings. The summed E-state index contributed by atoms with van der Waals surface area (Å²) in [7, 11) is 1.28. The average Bonchev–Trinajstić information content (AvgIpc) is 3.05. The maximum absolute atomic E-state index is 12.5. The number of nitrogens with one attached hydrogen (secondary N) is 1. The number of fused-ring (bicyclic) bond motifs is 1. The first-order chi connectivity index (χ1) is 12.6. The van der Waals surface area contributed by atoms with E-state index in [2.05, 4.69) is 10.4 Å². The number of aromatic nitrogens is 2. The van der Waals surface area contributed by atoms with Crippen LogP contribution in [-0.2, 0) is 32.0 Å². The van der Waals surface area contributed by atoms with E-state index in [4.69, 9.17) is 21.1 Å². The van der Waals surface area contributed by atoms with Gasteiger partial charge in [-0.1, -0.05) is 35.9 Å². The zero-order valence-electron chi connectivity index (χ0n) is 14.4. The van der Waals surface area contributed by atoms with Crippen LogP contribution in [0.1, 0.15) is 23.7 Å². The van der Waals surface area contributed by atoms with Crippen LogP contribution in [0.4, 0.5) is 0 Å². The number of carbonyl (C=O) groups is 2. The molecule has 0 bridgehead atoms. The van der Waals surface area contributed by atoms with Crippen molar-refractivity contribution in [3.8, 4) is 0 Å². The van der Waals surface area contributed by atoms with E-state index in [1.807, 2.05) is 24.3 Å². The Morgan fingerprint density at radius 3 is 3.00 bits per heavy atom. The number of methoxy groups -OCH3 is 1. The SMILES string of the molecule is COC(=O)C(Cn1cc(Cl)cn1)NC(=O)CC1OCCc2ccccc21. The van der Waals surface area contributed by atoms with Crippen LogP contribution in [-0.4, -0.2) is 41.4 Å². The van der Waals surface area contributed by atoms with Crippen molar-refractivity contribution in [3.05, 3.63) is 52.8 Å². The second-order valence-corrected chi connectivity index (χ2v) is 6.47. The smallest absolute Gasteiger partial charge is 0.330 e. The molecular formula is C18H20ClN3O4. The van der Waals surface area contributed by atoms with Gasteiger partial charge in [-0.25, -0.2) is 4.79 Å². The summed E-state index contributed by atoms with van der Waals surface area (Å²) < 4.78 is 12.0. The van der Waals surface area contributed by atoms with Crippen molar-refractivity contribution in [1.82, 2.24) is 15.1 Å². The predicted octanol–water partition coefficient (Wildman–Crippen LogP) is 1.90. The molecule has 0 saturated heterocycles. The molecule has 8 heteroatoms. The largest absolute Gasteiger partial charge is 0.467 e. The van der Waals surface area contributed by atoms with E-state index in [1.165, 1.54) is 23.6 Å². The Hall–Kier alpha value is -2.38. The third-order valence-electron chi connectivity index (χ3n) is 4.26. The van der Waals surface area contributed by atoms with E-state index >= 15 is 0 Å². The van der Waals surface area contributed by atoms with Crippen LogP contribution in [0.2, 0.25) is 5.02 Å². The predicted molar refractivity (Wildman–Crippen MR) is 94.6 cm³/mol. The molecule has 2 aromatic rings. The minimum Gasteiger partial charge on any atom is -0.467 e. The Bertz CT molecular complexity index is 792. The van der Waals surface area contributed by atoms with E-state index in [-0.39, 0.29) is 25.0 Å². The van der Waals surface area contributed by atoms with Crippen LogP contribution in [0.3, 0.4) is 0 Å².